The lowest BCUT2D eigenvalue weighted by Crippen LogP contribution is -2.19. The minimum Gasteiger partial charge on any atom is -0.439 e. The first-order chi connectivity index (χ1) is 9.70. The molecule has 0 unspecified atom stereocenters. The van der Waals surface area contributed by atoms with Crippen LogP contribution in [-0.2, 0) is 11.3 Å². The molecular weight excluding hydrogens is 279 g/mol. The lowest BCUT2D eigenvalue weighted by atomic mass is 10.2. The molecule has 0 aliphatic carbocycles. The highest BCUT2D eigenvalue weighted by molar-refractivity contribution is 7.99. The summed E-state index contributed by atoms with van der Waals surface area (Å²) in [6.07, 6.45) is 1.56. The zero-order valence-corrected chi connectivity index (χ0v) is 12.3. The second-order valence-corrected chi connectivity index (χ2v) is 5.22. The van der Waals surface area contributed by atoms with Crippen molar-refractivity contribution in [2.75, 3.05) is 20.3 Å². The average molecular weight is 296 g/mol. The molecule has 0 amide bonds. The zero-order chi connectivity index (χ0) is 14.4. The Labute approximate surface area is 121 Å². The fraction of sp³-hybridized carbons (Fsp3) is 0.357. The first-order valence-corrected chi connectivity index (χ1v) is 7.09. The van der Waals surface area contributed by atoms with Gasteiger partial charge in [0.05, 0.1) is 17.2 Å². The van der Waals surface area contributed by atoms with Crippen LogP contribution in [0.4, 0.5) is 4.39 Å². The average Bonchev–Trinajstić information content (AvgIpc) is 2.84. The molecule has 0 radical (unpaired) electrons. The van der Waals surface area contributed by atoms with E-state index in [9.17, 15) is 4.39 Å². The topological polar surface area (TPSA) is 47.3 Å². The molecule has 0 fully saturated rings. The summed E-state index contributed by atoms with van der Waals surface area (Å²) in [5.41, 5.74) is 1.66. The molecule has 0 saturated heterocycles. The standard InChI is InChI=1S/C14H17FN2O2S/c1-10-9-19-14(17-10)20-13-11(4-3-5-12(13)15)8-16-6-7-18-2/h3-5,9,16H,6-8H2,1-2H3. The van der Waals surface area contributed by atoms with Crippen molar-refractivity contribution in [3.05, 3.63) is 41.5 Å². The number of ether oxygens (including phenoxy) is 1. The first-order valence-electron chi connectivity index (χ1n) is 6.27. The number of methoxy groups -OCH3 is 1. The van der Waals surface area contributed by atoms with Gasteiger partial charge in [-0.25, -0.2) is 9.37 Å². The Morgan fingerprint density at radius 2 is 2.30 bits per heavy atom. The van der Waals surface area contributed by atoms with E-state index < -0.39 is 0 Å². The number of hydrogen-bond donors (Lipinski definition) is 1. The summed E-state index contributed by atoms with van der Waals surface area (Å²) in [6, 6.07) is 5.03. The van der Waals surface area contributed by atoms with E-state index in [2.05, 4.69) is 10.3 Å². The fourth-order valence-electron chi connectivity index (χ4n) is 1.67. The van der Waals surface area contributed by atoms with Crippen molar-refractivity contribution in [2.45, 2.75) is 23.6 Å². The summed E-state index contributed by atoms with van der Waals surface area (Å²) in [6.45, 7) is 3.75. The number of nitrogens with zero attached hydrogens (tertiary/aromatic N) is 1. The van der Waals surface area contributed by atoms with Crippen molar-refractivity contribution in [1.82, 2.24) is 10.3 Å². The predicted octanol–water partition coefficient (Wildman–Crippen LogP) is 3.01. The Bertz CT molecular complexity index is 560. The van der Waals surface area contributed by atoms with E-state index in [0.717, 1.165) is 17.8 Å². The highest BCUT2D eigenvalue weighted by atomic mass is 32.2. The monoisotopic (exact) mass is 296 g/mol. The van der Waals surface area contributed by atoms with Gasteiger partial charge in [-0.15, -0.1) is 0 Å². The normalized spacial score (nSPS) is 10.9. The third kappa shape index (κ3) is 4.06. The van der Waals surface area contributed by atoms with E-state index in [1.165, 1.54) is 17.8 Å². The number of nitrogens with one attached hydrogen (secondary N) is 1. The third-order valence-electron chi connectivity index (χ3n) is 2.63. The SMILES string of the molecule is COCCNCc1cccc(F)c1Sc1nc(C)co1. The molecule has 2 aromatic rings. The van der Waals surface area contributed by atoms with Crippen LogP contribution in [0.25, 0.3) is 0 Å². The van der Waals surface area contributed by atoms with Gasteiger partial charge in [-0.1, -0.05) is 12.1 Å². The van der Waals surface area contributed by atoms with Crippen molar-refractivity contribution in [3.63, 3.8) is 0 Å². The van der Waals surface area contributed by atoms with Crippen LogP contribution in [-0.4, -0.2) is 25.2 Å². The van der Waals surface area contributed by atoms with Crippen molar-refractivity contribution in [3.8, 4) is 0 Å². The Morgan fingerprint density at radius 1 is 1.45 bits per heavy atom. The van der Waals surface area contributed by atoms with Crippen LogP contribution >= 0.6 is 11.8 Å². The second-order valence-electron chi connectivity index (χ2n) is 4.25. The maximum absolute atomic E-state index is 14.0. The quantitative estimate of drug-likeness (QED) is 0.796. The number of aryl methyl sites for hydroxylation is 1. The molecule has 20 heavy (non-hydrogen) atoms. The molecule has 1 heterocycles. The minimum atomic E-state index is -0.267. The van der Waals surface area contributed by atoms with Crippen LogP contribution < -0.4 is 5.32 Å². The van der Waals surface area contributed by atoms with Gasteiger partial charge in [0, 0.05) is 20.2 Å². The summed E-state index contributed by atoms with van der Waals surface area (Å²) in [5, 5.41) is 3.65. The van der Waals surface area contributed by atoms with Gasteiger partial charge in [0.15, 0.2) is 0 Å². The van der Waals surface area contributed by atoms with Gasteiger partial charge < -0.3 is 14.5 Å². The van der Waals surface area contributed by atoms with E-state index in [1.54, 1.807) is 19.4 Å². The molecule has 0 bridgehead atoms. The van der Waals surface area contributed by atoms with E-state index in [0.29, 0.717) is 23.3 Å². The zero-order valence-electron chi connectivity index (χ0n) is 11.5. The van der Waals surface area contributed by atoms with Crippen molar-refractivity contribution < 1.29 is 13.5 Å². The number of aromatic nitrogens is 1. The molecule has 1 N–H and O–H groups in total. The van der Waals surface area contributed by atoms with Crippen LogP contribution in [0.3, 0.4) is 0 Å². The number of halogens is 1. The van der Waals surface area contributed by atoms with Crippen molar-refractivity contribution in [2.24, 2.45) is 0 Å². The summed E-state index contributed by atoms with van der Waals surface area (Å²) in [7, 11) is 1.65. The molecule has 108 valence electrons. The molecule has 0 aliphatic rings. The summed E-state index contributed by atoms with van der Waals surface area (Å²) in [5.74, 6) is -0.267. The minimum absolute atomic E-state index is 0.267. The molecule has 0 atom stereocenters. The molecular formula is C14H17FN2O2S. The Morgan fingerprint density at radius 3 is 3.00 bits per heavy atom. The van der Waals surface area contributed by atoms with Gasteiger partial charge in [-0.3, -0.25) is 0 Å². The molecule has 0 spiro atoms. The Kier molecular flexibility index (Phi) is 5.58. The van der Waals surface area contributed by atoms with Gasteiger partial charge in [0.1, 0.15) is 12.1 Å². The van der Waals surface area contributed by atoms with E-state index in [1.807, 2.05) is 13.0 Å². The van der Waals surface area contributed by atoms with E-state index in [4.69, 9.17) is 9.15 Å². The predicted molar refractivity (Wildman–Crippen MR) is 75.3 cm³/mol. The molecule has 1 aromatic carbocycles. The van der Waals surface area contributed by atoms with Crippen LogP contribution in [0.1, 0.15) is 11.3 Å². The van der Waals surface area contributed by atoms with Crippen LogP contribution in [0.5, 0.6) is 0 Å². The maximum atomic E-state index is 14.0. The summed E-state index contributed by atoms with van der Waals surface area (Å²) < 4.78 is 24.2. The summed E-state index contributed by atoms with van der Waals surface area (Å²) >= 11 is 1.20. The van der Waals surface area contributed by atoms with Crippen LogP contribution in [0.15, 0.2) is 39.0 Å². The number of hydrogen-bond acceptors (Lipinski definition) is 5. The third-order valence-corrected chi connectivity index (χ3v) is 3.66. The largest absolute Gasteiger partial charge is 0.439 e. The highest BCUT2D eigenvalue weighted by Crippen LogP contribution is 2.32. The lowest BCUT2D eigenvalue weighted by molar-refractivity contribution is 0.199. The van der Waals surface area contributed by atoms with Gasteiger partial charge in [-0.05, 0) is 30.3 Å². The molecule has 0 aliphatic heterocycles. The number of rotatable bonds is 7. The highest BCUT2D eigenvalue weighted by Gasteiger charge is 2.13. The smallest absolute Gasteiger partial charge is 0.260 e. The summed E-state index contributed by atoms with van der Waals surface area (Å²) in [4.78, 5) is 4.73. The molecule has 6 heteroatoms. The number of benzene rings is 1. The van der Waals surface area contributed by atoms with Crippen molar-refractivity contribution >= 4 is 11.8 Å². The molecule has 2 rings (SSSR count). The second kappa shape index (κ2) is 7.42. The fourth-order valence-corrected chi connectivity index (χ4v) is 2.57. The molecule has 0 saturated carbocycles. The molecule has 1 aromatic heterocycles. The van der Waals surface area contributed by atoms with Crippen LogP contribution in [0, 0.1) is 12.7 Å². The van der Waals surface area contributed by atoms with Crippen molar-refractivity contribution in [1.29, 1.82) is 0 Å². The Balaban J connectivity index is 2.09. The van der Waals surface area contributed by atoms with E-state index >= 15 is 0 Å². The van der Waals surface area contributed by atoms with Gasteiger partial charge >= 0.3 is 0 Å². The molecule has 4 nitrogen and oxygen atoms in total. The maximum Gasteiger partial charge on any atom is 0.260 e. The van der Waals surface area contributed by atoms with Gasteiger partial charge in [0.2, 0.25) is 0 Å². The van der Waals surface area contributed by atoms with E-state index in [-0.39, 0.29) is 5.82 Å². The lowest BCUT2D eigenvalue weighted by Gasteiger charge is -2.09. The van der Waals surface area contributed by atoms with Gasteiger partial charge in [0.25, 0.3) is 5.22 Å². The first kappa shape index (κ1) is 15.0. The van der Waals surface area contributed by atoms with Crippen LogP contribution in [0.2, 0.25) is 0 Å². The Hall–Kier alpha value is -1.37. The number of oxazole rings is 1. The van der Waals surface area contributed by atoms with Gasteiger partial charge in [-0.2, -0.15) is 0 Å².